The summed E-state index contributed by atoms with van der Waals surface area (Å²) in [6.07, 6.45) is 13.8. The minimum Gasteiger partial charge on any atom is -0.432 e. The highest BCUT2D eigenvalue weighted by Gasteiger charge is 2.12. The van der Waals surface area contributed by atoms with E-state index in [0.29, 0.717) is 11.5 Å². The summed E-state index contributed by atoms with van der Waals surface area (Å²) in [5, 5.41) is 4.23. The fraction of sp³-hybridized carbons (Fsp3) is 0.680. The summed E-state index contributed by atoms with van der Waals surface area (Å²) in [5.41, 5.74) is 1.41. The third-order valence-corrected chi connectivity index (χ3v) is 5.24. The van der Waals surface area contributed by atoms with Crippen LogP contribution < -0.4 is 0 Å². The molecule has 1 aromatic rings. The molecule has 0 bridgehead atoms. The zero-order chi connectivity index (χ0) is 22.7. The van der Waals surface area contributed by atoms with E-state index in [-0.39, 0.29) is 6.61 Å². The first-order valence-electron chi connectivity index (χ1n) is 11.9. The molecule has 0 saturated heterocycles. The molecule has 176 valence electrons. The molecule has 0 spiro atoms. The standard InChI is InChI=1S/C25H40O6/c1-4-5-6-7-8-9-10-11-12-13-14-15-20-28-25(27)30-31-29-24(26)23-18-16-22(17-19-23)21(2)3/h16-19,21H,4-15,20H2,1-3H3. The number of hydrogen-bond acceptors (Lipinski definition) is 6. The molecule has 0 radical (unpaired) electrons. The van der Waals surface area contributed by atoms with Crippen molar-refractivity contribution in [3.8, 4) is 0 Å². The fourth-order valence-corrected chi connectivity index (χ4v) is 3.25. The van der Waals surface area contributed by atoms with Crippen molar-refractivity contribution in [1.82, 2.24) is 0 Å². The fourth-order valence-electron chi connectivity index (χ4n) is 3.25. The van der Waals surface area contributed by atoms with E-state index in [1.165, 1.54) is 57.8 Å². The largest absolute Gasteiger partial charge is 0.543 e. The lowest BCUT2D eigenvalue weighted by molar-refractivity contribution is -0.452. The van der Waals surface area contributed by atoms with Crippen molar-refractivity contribution < 1.29 is 29.1 Å². The molecule has 6 heteroatoms. The van der Waals surface area contributed by atoms with Crippen LogP contribution in [0.25, 0.3) is 0 Å². The molecule has 1 aromatic carbocycles. The number of benzene rings is 1. The highest BCUT2D eigenvalue weighted by molar-refractivity contribution is 5.88. The molecule has 31 heavy (non-hydrogen) atoms. The van der Waals surface area contributed by atoms with Gasteiger partial charge in [-0.25, -0.2) is 14.5 Å². The molecule has 6 nitrogen and oxygen atoms in total. The third-order valence-electron chi connectivity index (χ3n) is 5.24. The molecule has 0 fully saturated rings. The van der Waals surface area contributed by atoms with Crippen LogP contribution in [0.5, 0.6) is 0 Å². The third kappa shape index (κ3) is 13.8. The molecular weight excluding hydrogens is 396 g/mol. The average molecular weight is 437 g/mol. The van der Waals surface area contributed by atoms with E-state index in [1.54, 1.807) is 12.1 Å². The molecule has 0 heterocycles. The predicted molar refractivity (Wildman–Crippen MR) is 121 cm³/mol. The second kappa shape index (κ2) is 17.6. The Balaban J connectivity index is 1.94. The van der Waals surface area contributed by atoms with Gasteiger partial charge < -0.3 is 4.74 Å². The average Bonchev–Trinajstić information content (AvgIpc) is 2.77. The van der Waals surface area contributed by atoms with Gasteiger partial charge in [-0.05, 0) is 30.0 Å². The van der Waals surface area contributed by atoms with E-state index in [1.807, 2.05) is 12.1 Å². The van der Waals surface area contributed by atoms with E-state index in [0.717, 1.165) is 24.8 Å². The van der Waals surface area contributed by atoms with Gasteiger partial charge in [0, 0.05) is 0 Å². The first-order valence-corrected chi connectivity index (χ1v) is 11.9. The second-order valence-corrected chi connectivity index (χ2v) is 8.29. The van der Waals surface area contributed by atoms with Gasteiger partial charge in [-0.2, -0.15) is 0 Å². The summed E-state index contributed by atoms with van der Waals surface area (Å²) in [6.45, 7) is 6.62. The molecule has 0 aliphatic heterocycles. The molecule has 0 saturated carbocycles. The van der Waals surface area contributed by atoms with Crippen LogP contribution >= 0.6 is 0 Å². The predicted octanol–water partition coefficient (Wildman–Crippen LogP) is 7.67. The van der Waals surface area contributed by atoms with Gasteiger partial charge >= 0.3 is 12.1 Å². The number of hydrogen-bond donors (Lipinski definition) is 0. The molecule has 0 aliphatic carbocycles. The van der Waals surface area contributed by atoms with Gasteiger partial charge in [-0.3, -0.25) is 4.89 Å². The van der Waals surface area contributed by atoms with Gasteiger partial charge in [-0.1, -0.05) is 104 Å². The highest BCUT2D eigenvalue weighted by Crippen LogP contribution is 2.15. The van der Waals surface area contributed by atoms with Crippen molar-refractivity contribution in [2.45, 2.75) is 104 Å². The quantitative estimate of drug-likeness (QED) is 0.108. The topological polar surface area (TPSA) is 71.1 Å². The van der Waals surface area contributed by atoms with Crippen LogP contribution in [0.15, 0.2) is 24.3 Å². The van der Waals surface area contributed by atoms with Gasteiger partial charge in [-0.15, -0.1) is 0 Å². The minimum absolute atomic E-state index is 0.254. The minimum atomic E-state index is -1.02. The van der Waals surface area contributed by atoms with Crippen LogP contribution in [0.1, 0.15) is 120 Å². The molecular formula is C25H40O6. The van der Waals surface area contributed by atoms with Crippen LogP contribution in [0, 0.1) is 0 Å². The van der Waals surface area contributed by atoms with E-state index < -0.39 is 12.1 Å². The SMILES string of the molecule is CCCCCCCCCCCCCCOC(=O)OOOC(=O)c1ccc(C(C)C)cc1. The molecule has 0 aromatic heterocycles. The zero-order valence-electron chi connectivity index (χ0n) is 19.5. The lowest BCUT2D eigenvalue weighted by atomic mass is 10.0. The van der Waals surface area contributed by atoms with Crippen LogP contribution in [0.3, 0.4) is 0 Å². The molecule has 0 unspecified atom stereocenters. The number of carbonyl (C=O) groups excluding carboxylic acids is 2. The lowest BCUT2D eigenvalue weighted by Crippen LogP contribution is -2.12. The van der Waals surface area contributed by atoms with Crippen molar-refractivity contribution in [3.05, 3.63) is 35.4 Å². The summed E-state index contributed by atoms with van der Waals surface area (Å²) < 4.78 is 4.89. The Morgan fingerprint density at radius 2 is 1.26 bits per heavy atom. The number of rotatable bonds is 17. The molecule has 0 N–H and O–H groups in total. The zero-order valence-corrected chi connectivity index (χ0v) is 19.5. The normalized spacial score (nSPS) is 10.8. The van der Waals surface area contributed by atoms with Crippen LogP contribution in [-0.2, 0) is 19.6 Å². The second-order valence-electron chi connectivity index (χ2n) is 8.29. The van der Waals surface area contributed by atoms with Crippen LogP contribution in [0.4, 0.5) is 4.79 Å². The maximum atomic E-state index is 11.8. The first kappa shape index (κ1) is 27.0. The van der Waals surface area contributed by atoms with Crippen molar-refractivity contribution in [3.63, 3.8) is 0 Å². The Kier molecular flexibility index (Phi) is 15.3. The maximum Gasteiger partial charge on any atom is 0.543 e. The Bertz CT molecular complexity index is 597. The van der Waals surface area contributed by atoms with Gasteiger partial charge in [0.25, 0.3) is 0 Å². The monoisotopic (exact) mass is 436 g/mol. The Hall–Kier alpha value is -2.08. The molecule has 0 amide bonds. The van der Waals surface area contributed by atoms with Gasteiger partial charge in [0.05, 0.1) is 17.2 Å². The maximum absolute atomic E-state index is 11.8. The van der Waals surface area contributed by atoms with Gasteiger partial charge in [0.1, 0.15) is 0 Å². The van der Waals surface area contributed by atoms with Gasteiger partial charge in [0.15, 0.2) is 0 Å². The van der Waals surface area contributed by atoms with Crippen LogP contribution in [0.2, 0.25) is 0 Å². The summed E-state index contributed by atoms with van der Waals surface area (Å²) in [5.74, 6) is -0.381. The van der Waals surface area contributed by atoms with Crippen molar-refractivity contribution in [2.24, 2.45) is 0 Å². The Labute approximate surface area is 187 Å². The summed E-state index contributed by atoms with van der Waals surface area (Å²) in [6, 6.07) is 6.94. The molecule has 1 rings (SSSR count). The number of carbonyl (C=O) groups is 2. The van der Waals surface area contributed by atoms with E-state index in [9.17, 15) is 9.59 Å². The summed E-state index contributed by atoms with van der Waals surface area (Å²) in [7, 11) is 0. The Morgan fingerprint density at radius 3 is 1.77 bits per heavy atom. The Morgan fingerprint density at radius 1 is 0.742 bits per heavy atom. The lowest BCUT2D eigenvalue weighted by Gasteiger charge is -2.06. The van der Waals surface area contributed by atoms with E-state index in [2.05, 4.69) is 35.6 Å². The van der Waals surface area contributed by atoms with Crippen molar-refractivity contribution >= 4 is 12.1 Å². The molecule has 0 aliphatic rings. The van der Waals surface area contributed by atoms with Gasteiger partial charge in [0.2, 0.25) is 0 Å². The van der Waals surface area contributed by atoms with Crippen molar-refractivity contribution in [2.75, 3.05) is 6.61 Å². The number of ether oxygens (including phenoxy) is 1. The van der Waals surface area contributed by atoms with Crippen LogP contribution in [-0.4, -0.2) is 18.7 Å². The smallest absolute Gasteiger partial charge is 0.432 e. The number of unbranched alkanes of at least 4 members (excludes halogenated alkanes) is 11. The highest BCUT2D eigenvalue weighted by atomic mass is 17.5. The summed E-state index contributed by atoms with van der Waals surface area (Å²) >= 11 is 0. The molecule has 0 atom stereocenters. The summed E-state index contributed by atoms with van der Waals surface area (Å²) in [4.78, 5) is 32.0. The van der Waals surface area contributed by atoms with E-state index in [4.69, 9.17) is 4.74 Å². The first-order chi connectivity index (χ1) is 15.0. The van der Waals surface area contributed by atoms with E-state index >= 15 is 0 Å². The van der Waals surface area contributed by atoms with Crippen molar-refractivity contribution in [1.29, 1.82) is 0 Å².